The van der Waals surface area contributed by atoms with Gasteiger partial charge in [0.2, 0.25) is 0 Å². The molecular formula is C18H15N5O3S3. The number of carbonyl (C=O) groups is 1. The van der Waals surface area contributed by atoms with Crippen molar-refractivity contribution in [3.8, 4) is 11.5 Å². The second-order valence-electron chi connectivity index (χ2n) is 5.54. The van der Waals surface area contributed by atoms with Crippen molar-refractivity contribution >= 4 is 61.5 Å². The molecule has 0 atom stereocenters. The molecule has 1 aromatic carbocycles. The molecule has 0 unspecified atom stereocenters. The van der Waals surface area contributed by atoms with Gasteiger partial charge in [-0.3, -0.25) is 15.6 Å². The summed E-state index contributed by atoms with van der Waals surface area (Å²) >= 11 is 4.22. The molecule has 8 nitrogen and oxygen atoms in total. The lowest BCUT2D eigenvalue weighted by atomic mass is 10.2. The van der Waals surface area contributed by atoms with Crippen molar-refractivity contribution < 1.29 is 14.3 Å². The van der Waals surface area contributed by atoms with Gasteiger partial charge in [0, 0.05) is 34.1 Å². The van der Waals surface area contributed by atoms with Crippen molar-refractivity contribution in [3.63, 3.8) is 0 Å². The molecule has 0 fully saturated rings. The number of rotatable bonds is 6. The van der Waals surface area contributed by atoms with E-state index in [-0.39, 0.29) is 6.03 Å². The molecule has 0 radical (unpaired) electrons. The first-order chi connectivity index (χ1) is 14.2. The third-order valence-electron chi connectivity index (χ3n) is 3.78. The summed E-state index contributed by atoms with van der Waals surface area (Å²) in [6, 6.07) is 5.31. The molecule has 2 N–H and O–H groups in total. The minimum Gasteiger partial charge on any atom is -0.493 e. The number of amides is 2. The number of methoxy groups -OCH3 is 2. The molecule has 0 spiro atoms. The maximum atomic E-state index is 12.0. The first kappa shape index (κ1) is 19.4. The lowest BCUT2D eigenvalue weighted by Crippen LogP contribution is -2.18. The Bertz CT molecular complexity index is 1150. The van der Waals surface area contributed by atoms with Gasteiger partial charge in [0.05, 0.1) is 25.9 Å². The molecule has 3 aromatic heterocycles. The highest BCUT2D eigenvalue weighted by Gasteiger charge is 2.13. The van der Waals surface area contributed by atoms with Gasteiger partial charge in [-0.05, 0) is 12.1 Å². The van der Waals surface area contributed by atoms with Crippen LogP contribution in [0.1, 0.15) is 0 Å². The monoisotopic (exact) mass is 445 g/mol. The molecule has 0 aliphatic heterocycles. The summed E-state index contributed by atoms with van der Waals surface area (Å²) in [4.78, 5) is 25.8. The van der Waals surface area contributed by atoms with Crippen LogP contribution in [-0.4, -0.2) is 35.2 Å². The van der Waals surface area contributed by atoms with Crippen molar-refractivity contribution in [1.29, 1.82) is 0 Å². The van der Waals surface area contributed by atoms with Crippen LogP contribution in [0.5, 0.6) is 11.5 Å². The highest BCUT2D eigenvalue weighted by molar-refractivity contribution is 8.01. The van der Waals surface area contributed by atoms with Gasteiger partial charge in [0.1, 0.15) is 5.00 Å². The lowest BCUT2D eigenvalue weighted by Gasteiger charge is -2.10. The average Bonchev–Trinajstić information content (AvgIpc) is 3.39. The molecule has 4 aromatic rings. The van der Waals surface area contributed by atoms with E-state index in [1.54, 1.807) is 38.2 Å². The molecule has 0 saturated carbocycles. The van der Waals surface area contributed by atoms with Gasteiger partial charge in [-0.1, -0.05) is 23.1 Å². The standard InChI is InChI=1S/C18H15N5O3S3/c1-25-12-7-10-11(8-13(12)26-2)19-4-3-14(10)28-18-21-9-15(29-18)22-16(24)23-17-20-5-6-27-17/h3-9H,1-2H3,(H2,20,22,23,24). The molecule has 29 heavy (non-hydrogen) atoms. The maximum Gasteiger partial charge on any atom is 0.326 e. The van der Waals surface area contributed by atoms with Crippen molar-refractivity contribution in [2.75, 3.05) is 24.9 Å². The fourth-order valence-electron chi connectivity index (χ4n) is 2.52. The van der Waals surface area contributed by atoms with Crippen molar-refractivity contribution in [1.82, 2.24) is 15.0 Å². The molecule has 2 amide bonds. The van der Waals surface area contributed by atoms with Crippen molar-refractivity contribution in [2.24, 2.45) is 0 Å². The Morgan fingerprint density at radius 2 is 1.90 bits per heavy atom. The summed E-state index contributed by atoms with van der Waals surface area (Å²) < 4.78 is 11.5. The van der Waals surface area contributed by atoms with E-state index in [9.17, 15) is 4.79 Å². The molecule has 4 rings (SSSR count). The molecule has 3 heterocycles. The maximum absolute atomic E-state index is 12.0. The Morgan fingerprint density at radius 1 is 1.07 bits per heavy atom. The Labute approximate surface area is 178 Å². The number of ether oxygens (including phenoxy) is 2. The van der Waals surface area contributed by atoms with Crippen LogP contribution < -0.4 is 20.1 Å². The van der Waals surface area contributed by atoms with Crippen molar-refractivity contribution in [3.05, 3.63) is 42.2 Å². The summed E-state index contributed by atoms with van der Waals surface area (Å²) in [5, 5.41) is 9.34. The van der Waals surface area contributed by atoms with Gasteiger partial charge in [0.15, 0.2) is 21.0 Å². The van der Waals surface area contributed by atoms with E-state index in [4.69, 9.17) is 9.47 Å². The normalized spacial score (nSPS) is 10.7. The smallest absolute Gasteiger partial charge is 0.326 e. The van der Waals surface area contributed by atoms with Gasteiger partial charge in [-0.15, -0.1) is 11.3 Å². The number of benzene rings is 1. The number of thiazole rings is 2. The molecular weight excluding hydrogens is 430 g/mol. The zero-order chi connectivity index (χ0) is 20.2. The van der Waals surface area contributed by atoms with Crippen LogP contribution in [0.25, 0.3) is 10.9 Å². The number of aromatic nitrogens is 3. The third-order valence-corrected chi connectivity index (χ3v) is 6.53. The summed E-state index contributed by atoms with van der Waals surface area (Å²) in [6.07, 6.45) is 5.00. The van der Waals surface area contributed by atoms with Gasteiger partial charge >= 0.3 is 6.03 Å². The van der Waals surface area contributed by atoms with Crippen molar-refractivity contribution in [2.45, 2.75) is 9.24 Å². The van der Waals surface area contributed by atoms with E-state index >= 15 is 0 Å². The summed E-state index contributed by atoms with van der Waals surface area (Å²) in [5.74, 6) is 1.26. The van der Waals surface area contributed by atoms with Gasteiger partial charge in [-0.25, -0.2) is 14.8 Å². The number of hydrogen-bond acceptors (Lipinski definition) is 9. The van der Waals surface area contributed by atoms with E-state index in [1.165, 1.54) is 34.4 Å². The van der Waals surface area contributed by atoms with Crippen LogP contribution in [0.15, 0.2) is 51.4 Å². The third kappa shape index (κ3) is 4.42. The fraction of sp³-hybridized carbons (Fsp3) is 0.111. The Balaban J connectivity index is 1.52. The van der Waals surface area contributed by atoms with Gasteiger partial charge in [-0.2, -0.15) is 0 Å². The first-order valence-corrected chi connectivity index (χ1v) is 10.8. The van der Waals surface area contributed by atoms with E-state index in [1.807, 2.05) is 18.2 Å². The van der Waals surface area contributed by atoms with Crippen LogP contribution >= 0.6 is 34.4 Å². The highest BCUT2D eigenvalue weighted by Crippen LogP contribution is 2.40. The zero-order valence-corrected chi connectivity index (χ0v) is 17.8. The lowest BCUT2D eigenvalue weighted by molar-refractivity contribution is 0.262. The van der Waals surface area contributed by atoms with E-state index in [0.29, 0.717) is 21.6 Å². The average molecular weight is 446 g/mol. The molecule has 148 valence electrons. The first-order valence-electron chi connectivity index (χ1n) is 8.28. The van der Waals surface area contributed by atoms with Crippen LogP contribution in [0.3, 0.4) is 0 Å². The number of carbonyl (C=O) groups excluding carboxylic acids is 1. The quantitative estimate of drug-likeness (QED) is 0.433. The fourth-order valence-corrected chi connectivity index (χ4v) is 4.99. The van der Waals surface area contributed by atoms with Crippen LogP contribution in [-0.2, 0) is 0 Å². The largest absolute Gasteiger partial charge is 0.493 e. The number of hydrogen-bond donors (Lipinski definition) is 2. The SMILES string of the molecule is COc1cc2nccc(Sc3ncc(NC(=O)Nc4nccs4)s3)c2cc1OC. The number of nitrogens with one attached hydrogen (secondary N) is 2. The Morgan fingerprint density at radius 3 is 2.66 bits per heavy atom. The topological polar surface area (TPSA) is 98.3 Å². The van der Waals surface area contributed by atoms with Gasteiger partial charge < -0.3 is 9.47 Å². The highest BCUT2D eigenvalue weighted by atomic mass is 32.2. The second-order valence-corrected chi connectivity index (χ2v) is 8.76. The molecule has 0 aliphatic carbocycles. The minimum absolute atomic E-state index is 0.355. The number of nitrogens with zero attached hydrogens (tertiary/aromatic N) is 3. The van der Waals surface area contributed by atoms with E-state index in [0.717, 1.165) is 20.1 Å². The molecule has 0 aliphatic rings. The van der Waals surface area contributed by atoms with Crippen LogP contribution in [0.4, 0.5) is 14.9 Å². The predicted molar refractivity (Wildman–Crippen MR) is 116 cm³/mol. The summed E-state index contributed by atoms with van der Waals surface area (Å²) in [6.45, 7) is 0. The number of urea groups is 1. The van der Waals surface area contributed by atoms with E-state index in [2.05, 4.69) is 25.6 Å². The summed E-state index contributed by atoms with van der Waals surface area (Å²) in [5.41, 5.74) is 0.797. The molecule has 0 saturated heterocycles. The number of anilines is 2. The minimum atomic E-state index is -0.355. The number of pyridine rings is 1. The molecule has 11 heteroatoms. The van der Waals surface area contributed by atoms with Crippen LogP contribution in [0, 0.1) is 0 Å². The predicted octanol–water partition coefficient (Wildman–Crippen LogP) is 4.96. The Hall–Kier alpha value is -2.89. The second kappa shape index (κ2) is 8.64. The van der Waals surface area contributed by atoms with E-state index < -0.39 is 0 Å². The zero-order valence-electron chi connectivity index (χ0n) is 15.3. The number of fused-ring (bicyclic) bond motifs is 1. The molecule has 0 bridgehead atoms. The van der Waals surface area contributed by atoms with Gasteiger partial charge in [0.25, 0.3) is 0 Å². The van der Waals surface area contributed by atoms with Crippen LogP contribution in [0.2, 0.25) is 0 Å². The Kier molecular flexibility index (Phi) is 5.79. The summed E-state index contributed by atoms with van der Waals surface area (Å²) in [7, 11) is 3.19.